The van der Waals surface area contributed by atoms with E-state index in [9.17, 15) is 9.90 Å². The number of aryl methyl sites for hydroxylation is 1. The topological polar surface area (TPSA) is 52.6 Å². The van der Waals surface area contributed by atoms with Crippen LogP contribution in [-0.4, -0.2) is 41.1 Å². The van der Waals surface area contributed by atoms with Crippen molar-refractivity contribution in [2.75, 3.05) is 19.6 Å². The number of nitrogens with one attached hydrogen (secondary N) is 1. The zero-order chi connectivity index (χ0) is 16.2. The predicted molar refractivity (Wildman–Crippen MR) is 88.5 cm³/mol. The van der Waals surface area contributed by atoms with Gasteiger partial charge in [-0.3, -0.25) is 4.79 Å². The number of piperidine rings is 1. The maximum absolute atomic E-state index is 12.6. The molecular formula is C18H26N2O2. The molecule has 1 fully saturated rings. The Morgan fingerprint density at radius 1 is 1.50 bits per heavy atom. The zero-order valence-corrected chi connectivity index (χ0v) is 13.6. The summed E-state index contributed by atoms with van der Waals surface area (Å²) < 4.78 is 0. The summed E-state index contributed by atoms with van der Waals surface area (Å²) >= 11 is 0. The Morgan fingerprint density at radius 3 is 2.95 bits per heavy atom. The number of carbonyl (C=O) groups excluding carboxylic acids is 1. The van der Waals surface area contributed by atoms with E-state index in [1.54, 1.807) is 4.90 Å². The molecule has 1 aliphatic rings. The number of benzene rings is 1. The maximum Gasteiger partial charge on any atom is 0.256 e. The molecule has 0 saturated carbocycles. The highest BCUT2D eigenvalue weighted by Crippen LogP contribution is 2.24. The lowest BCUT2D eigenvalue weighted by molar-refractivity contribution is -0.157. The van der Waals surface area contributed by atoms with E-state index >= 15 is 0 Å². The predicted octanol–water partition coefficient (Wildman–Crippen LogP) is 2.01. The lowest BCUT2D eigenvalue weighted by atomic mass is 9.91. The van der Waals surface area contributed by atoms with Gasteiger partial charge in [0.05, 0.1) is 0 Å². The summed E-state index contributed by atoms with van der Waals surface area (Å²) in [7, 11) is 0. The number of amides is 1. The SMILES string of the molecule is C=C(C)CNC[C@]1(O)CCCN(Cc2cccc(C)c2)C1=O. The summed E-state index contributed by atoms with van der Waals surface area (Å²) in [5.41, 5.74) is 1.98. The average Bonchev–Trinajstić information content (AvgIpc) is 2.44. The van der Waals surface area contributed by atoms with Gasteiger partial charge in [0.25, 0.3) is 5.91 Å². The summed E-state index contributed by atoms with van der Waals surface area (Å²) in [4.78, 5) is 14.4. The van der Waals surface area contributed by atoms with Crippen molar-refractivity contribution in [1.29, 1.82) is 0 Å². The molecule has 1 aliphatic heterocycles. The molecule has 0 unspecified atom stereocenters. The van der Waals surface area contributed by atoms with Gasteiger partial charge in [-0.1, -0.05) is 42.0 Å². The van der Waals surface area contributed by atoms with E-state index in [1.807, 2.05) is 32.0 Å². The van der Waals surface area contributed by atoms with Crippen LogP contribution < -0.4 is 5.32 Å². The first-order valence-corrected chi connectivity index (χ1v) is 7.83. The van der Waals surface area contributed by atoms with Crippen LogP contribution in [-0.2, 0) is 11.3 Å². The van der Waals surface area contributed by atoms with Gasteiger partial charge in [0, 0.05) is 26.2 Å². The molecule has 0 aromatic heterocycles. The minimum atomic E-state index is -1.29. The Balaban J connectivity index is 2.01. The lowest BCUT2D eigenvalue weighted by Crippen LogP contribution is -2.57. The largest absolute Gasteiger partial charge is 0.379 e. The third-order valence-electron chi connectivity index (χ3n) is 4.00. The van der Waals surface area contributed by atoms with Crippen molar-refractivity contribution in [1.82, 2.24) is 10.2 Å². The summed E-state index contributed by atoms with van der Waals surface area (Å²) in [5.74, 6) is -0.172. The number of rotatable bonds is 6. The monoisotopic (exact) mass is 302 g/mol. The van der Waals surface area contributed by atoms with Gasteiger partial charge in [-0.25, -0.2) is 0 Å². The van der Waals surface area contributed by atoms with Crippen LogP contribution >= 0.6 is 0 Å². The van der Waals surface area contributed by atoms with Crippen molar-refractivity contribution < 1.29 is 9.90 Å². The molecule has 4 heteroatoms. The number of nitrogens with zero attached hydrogens (tertiary/aromatic N) is 1. The molecule has 1 aromatic carbocycles. The second kappa shape index (κ2) is 7.07. The smallest absolute Gasteiger partial charge is 0.256 e. The molecule has 1 aromatic rings. The molecule has 0 bridgehead atoms. The van der Waals surface area contributed by atoms with E-state index in [-0.39, 0.29) is 12.5 Å². The molecule has 2 N–H and O–H groups in total. The highest BCUT2D eigenvalue weighted by molar-refractivity contribution is 5.86. The van der Waals surface area contributed by atoms with E-state index in [2.05, 4.69) is 18.0 Å². The number of hydrogen-bond donors (Lipinski definition) is 2. The molecule has 1 amide bonds. The normalized spacial score (nSPS) is 22.0. The number of hydrogen-bond acceptors (Lipinski definition) is 3. The Morgan fingerprint density at radius 2 is 2.27 bits per heavy atom. The molecule has 0 spiro atoms. The first kappa shape index (κ1) is 16.7. The fraction of sp³-hybridized carbons (Fsp3) is 0.500. The second-order valence-electron chi connectivity index (χ2n) is 6.41. The molecule has 1 saturated heterocycles. The van der Waals surface area contributed by atoms with Gasteiger partial charge >= 0.3 is 0 Å². The number of carbonyl (C=O) groups is 1. The van der Waals surface area contributed by atoms with Crippen LogP contribution in [0.5, 0.6) is 0 Å². The molecule has 22 heavy (non-hydrogen) atoms. The Hall–Kier alpha value is -1.65. The fourth-order valence-electron chi connectivity index (χ4n) is 2.89. The molecule has 120 valence electrons. The first-order valence-electron chi connectivity index (χ1n) is 7.83. The van der Waals surface area contributed by atoms with Gasteiger partial charge in [0.2, 0.25) is 0 Å². The van der Waals surface area contributed by atoms with Gasteiger partial charge in [0.15, 0.2) is 5.60 Å². The van der Waals surface area contributed by atoms with E-state index in [0.29, 0.717) is 26.1 Å². The van der Waals surface area contributed by atoms with Crippen molar-refractivity contribution in [3.05, 3.63) is 47.5 Å². The fourth-order valence-corrected chi connectivity index (χ4v) is 2.89. The van der Waals surface area contributed by atoms with Crippen molar-refractivity contribution in [3.63, 3.8) is 0 Å². The van der Waals surface area contributed by atoms with E-state index in [0.717, 1.165) is 17.6 Å². The highest BCUT2D eigenvalue weighted by atomic mass is 16.3. The molecule has 1 atom stereocenters. The van der Waals surface area contributed by atoms with Gasteiger partial charge < -0.3 is 15.3 Å². The summed E-state index contributed by atoms with van der Waals surface area (Å²) in [5, 5.41) is 13.8. The minimum Gasteiger partial charge on any atom is -0.379 e. The van der Waals surface area contributed by atoms with Crippen LogP contribution in [0.3, 0.4) is 0 Å². The molecule has 4 nitrogen and oxygen atoms in total. The van der Waals surface area contributed by atoms with Crippen LogP contribution in [0.1, 0.15) is 30.9 Å². The standard InChI is InChI=1S/C18H26N2O2/c1-14(2)11-19-13-18(22)8-5-9-20(17(18)21)12-16-7-4-6-15(3)10-16/h4,6-7,10,19,22H,1,5,8-9,11-13H2,2-3H3/t18-/m1/s1. The van der Waals surface area contributed by atoms with Crippen LogP contribution in [0.2, 0.25) is 0 Å². The Bertz CT molecular complexity index is 556. The zero-order valence-electron chi connectivity index (χ0n) is 13.6. The maximum atomic E-state index is 12.6. The number of likely N-dealkylation sites (tertiary alicyclic amines) is 1. The summed E-state index contributed by atoms with van der Waals surface area (Å²) in [6.07, 6.45) is 1.34. The summed E-state index contributed by atoms with van der Waals surface area (Å²) in [6.45, 7) is 9.94. The summed E-state index contributed by atoms with van der Waals surface area (Å²) in [6, 6.07) is 8.15. The first-order chi connectivity index (χ1) is 10.4. The van der Waals surface area contributed by atoms with Crippen molar-refractivity contribution in [3.8, 4) is 0 Å². The van der Waals surface area contributed by atoms with Gasteiger partial charge in [0.1, 0.15) is 0 Å². The second-order valence-corrected chi connectivity index (χ2v) is 6.41. The third kappa shape index (κ3) is 4.18. The molecule has 0 aliphatic carbocycles. The quantitative estimate of drug-likeness (QED) is 0.791. The molecular weight excluding hydrogens is 276 g/mol. The van der Waals surface area contributed by atoms with Gasteiger partial charge in [-0.05, 0) is 32.3 Å². The van der Waals surface area contributed by atoms with E-state index in [4.69, 9.17) is 0 Å². The van der Waals surface area contributed by atoms with Gasteiger partial charge in [-0.15, -0.1) is 0 Å². The van der Waals surface area contributed by atoms with Crippen LogP contribution in [0.4, 0.5) is 0 Å². The third-order valence-corrected chi connectivity index (χ3v) is 4.00. The van der Waals surface area contributed by atoms with Crippen LogP contribution in [0, 0.1) is 6.92 Å². The molecule has 0 radical (unpaired) electrons. The Labute approximate surface area is 132 Å². The van der Waals surface area contributed by atoms with Crippen LogP contribution in [0.25, 0.3) is 0 Å². The van der Waals surface area contributed by atoms with Crippen molar-refractivity contribution in [2.45, 2.75) is 38.8 Å². The Kier molecular flexibility index (Phi) is 5.37. The lowest BCUT2D eigenvalue weighted by Gasteiger charge is -2.38. The van der Waals surface area contributed by atoms with Crippen molar-refractivity contribution >= 4 is 5.91 Å². The number of aliphatic hydroxyl groups is 1. The minimum absolute atomic E-state index is 0.172. The van der Waals surface area contributed by atoms with E-state index < -0.39 is 5.60 Å². The average molecular weight is 302 g/mol. The molecule has 1 heterocycles. The van der Waals surface area contributed by atoms with Crippen LogP contribution in [0.15, 0.2) is 36.4 Å². The van der Waals surface area contributed by atoms with Crippen molar-refractivity contribution in [2.24, 2.45) is 0 Å². The highest BCUT2D eigenvalue weighted by Gasteiger charge is 2.41. The molecule has 2 rings (SSSR count). The van der Waals surface area contributed by atoms with Gasteiger partial charge in [-0.2, -0.15) is 0 Å². The van der Waals surface area contributed by atoms with E-state index in [1.165, 1.54) is 5.56 Å².